The van der Waals surface area contributed by atoms with Gasteiger partial charge in [0.05, 0.1) is 0 Å². The van der Waals surface area contributed by atoms with Gasteiger partial charge in [-0.05, 0) is 30.4 Å². The van der Waals surface area contributed by atoms with E-state index in [1.807, 2.05) is 24.4 Å². The Labute approximate surface area is 128 Å². The van der Waals surface area contributed by atoms with Crippen LogP contribution in [-0.4, -0.2) is 10.8 Å². The van der Waals surface area contributed by atoms with Crippen LogP contribution in [0.1, 0.15) is 49.9 Å². The van der Waals surface area contributed by atoms with E-state index in [2.05, 4.69) is 34.8 Å². The van der Waals surface area contributed by atoms with Crippen molar-refractivity contribution in [3.05, 3.63) is 34.4 Å². The first-order valence-corrected chi connectivity index (χ1v) is 8.10. The molecule has 1 atom stereocenters. The molecule has 1 N–H and O–H groups in total. The first-order chi connectivity index (χ1) is 9.50. The molecule has 1 aromatic carbocycles. The van der Waals surface area contributed by atoms with Gasteiger partial charge >= 0.3 is 0 Å². The third-order valence-electron chi connectivity index (χ3n) is 4.74. The van der Waals surface area contributed by atoms with E-state index in [0.29, 0.717) is 5.78 Å². The van der Waals surface area contributed by atoms with Crippen LogP contribution in [0.4, 0.5) is 0 Å². The van der Waals surface area contributed by atoms with Crippen LogP contribution < -0.4 is 0 Å². The Morgan fingerprint density at radius 2 is 2.15 bits per heavy atom. The van der Waals surface area contributed by atoms with Crippen LogP contribution in [-0.2, 0) is 0 Å². The molecular formula is C17H20BrNO. The number of ketones is 1. The summed E-state index contributed by atoms with van der Waals surface area (Å²) in [6.45, 7) is 4.47. The van der Waals surface area contributed by atoms with Crippen molar-refractivity contribution in [1.82, 2.24) is 4.98 Å². The summed E-state index contributed by atoms with van der Waals surface area (Å²) in [5.41, 5.74) is 1.98. The maximum absolute atomic E-state index is 13.0. The monoisotopic (exact) mass is 333 g/mol. The van der Waals surface area contributed by atoms with Gasteiger partial charge in [0.15, 0.2) is 5.78 Å². The number of Topliss-reactive ketones (excluding diaryl/α,β-unsaturated/α-hetero) is 1. The number of halogens is 1. The molecule has 0 saturated heterocycles. The van der Waals surface area contributed by atoms with Crippen LogP contribution in [0.15, 0.2) is 28.9 Å². The Morgan fingerprint density at radius 3 is 2.90 bits per heavy atom. The summed E-state index contributed by atoms with van der Waals surface area (Å²) >= 11 is 3.58. The van der Waals surface area contributed by atoms with Crippen LogP contribution in [0.5, 0.6) is 0 Å². The summed E-state index contributed by atoms with van der Waals surface area (Å²) < 4.78 is 0.994. The molecule has 2 aromatic rings. The highest BCUT2D eigenvalue weighted by atomic mass is 79.9. The van der Waals surface area contributed by atoms with Crippen molar-refractivity contribution in [1.29, 1.82) is 0 Å². The van der Waals surface area contributed by atoms with Gasteiger partial charge in [-0.25, -0.2) is 0 Å². The van der Waals surface area contributed by atoms with Crippen LogP contribution >= 0.6 is 15.9 Å². The van der Waals surface area contributed by atoms with Crippen molar-refractivity contribution in [2.24, 2.45) is 11.3 Å². The van der Waals surface area contributed by atoms with Gasteiger partial charge in [0.1, 0.15) is 0 Å². The number of carbonyl (C=O) groups is 1. The van der Waals surface area contributed by atoms with Crippen molar-refractivity contribution in [2.75, 3.05) is 0 Å². The SMILES string of the molecule is CC1(C)CCCCC1C(=O)c1c[nH]c2cccc(Br)c12. The van der Waals surface area contributed by atoms with Gasteiger partial charge in [0.25, 0.3) is 0 Å². The number of hydrogen-bond donors (Lipinski definition) is 1. The number of fused-ring (bicyclic) bond motifs is 1. The molecule has 1 aromatic heterocycles. The Balaban J connectivity index is 2.05. The number of aromatic nitrogens is 1. The molecule has 20 heavy (non-hydrogen) atoms. The predicted octanol–water partition coefficient (Wildman–Crippen LogP) is 5.33. The Hall–Kier alpha value is -1.09. The first-order valence-electron chi connectivity index (χ1n) is 7.30. The zero-order chi connectivity index (χ0) is 14.3. The normalized spacial score (nSPS) is 22.1. The number of rotatable bonds is 2. The van der Waals surface area contributed by atoms with Gasteiger partial charge in [0.2, 0.25) is 0 Å². The van der Waals surface area contributed by atoms with Crippen molar-refractivity contribution in [2.45, 2.75) is 39.5 Å². The lowest BCUT2D eigenvalue weighted by atomic mass is 9.66. The molecule has 0 radical (unpaired) electrons. The summed E-state index contributed by atoms with van der Waals surface area (Å²) in [6, 6.07) is 6.00. The lowest BCUT2D eigenvalue weighted by Gasteiger charge is -2.37. The lowest BCUT2D eigenvalue weighted by molar-refractivity contribution is 0.0699. The average Bonchev–Trinajstić information content (AvgIpc) is 2.83. The molecule has 1 heterocycles. The minimum absolute atomic E-state index is 0.111. The maximum atomic E-state index is 13.0. The van der Waals surface area contributed by atoms with Crippen molar-refractivity contribution in [3.63, 3.8) is 0 Å². The highest BCUT2D eigenvalue weighted by Crippen LogP contribution is 2.43. The number of carbonyl (C=O) groups excluding carboxylic acids is 1. The second-order valence-corrected chi connectivity index (χ2v) is 7.37. The summed E-state index contributed by atoms with van der Waals surface area (Å²) in [7, 11) is 0. The maximum Gasteiger partial charge on any atom is 0.168 e. The second kappa shape index (κ2) is 5.03. The van der Waals surface area contributed by atoms with E-state index in [-0.39, 0.29) is 11.3 Å². The molecule has 3 rings (SSSR count). The number of H-pyrrole nitrogens is 1. The van der Waals surface area contributed by atoms with Crippen LogP contribution in [0, 0.1) is 11.3 Å². The van der Waals surface area contributed by atoms with Gasteiger partial charge in [-0.15, -0.1) is 0 Å². The van der Waals surface area contributed by atoms with E-state index < -0.39 is 0 Å². The van der Waals surface area contributed by atoms with Crippen molar-refractivity contribution in [3.8, 4) is 0 Å². The first kappa shape index (κ1) is 13.9. The zero-order valence-electron chi connectivity index (χ0n) is 12.0. The summed E-state index contributed by atoms with van der Waals surface area (Å²) in [5.74, 6) is 0.440. The van der Waals surface area contributed by atoms with E-state index in [1.165, 1.54) is 12.8 Å². The Morgan fingerprint density at radius 1 is 1.35 bits per heavy atom. The highest BCUT2D eigenvalue weighted by molar-refractivity contribution is 9.10. The molecule has 2 nitrogen and oxygen atoms in total. The minimum atomic E-state index is 0.111. The Kier molecular flexibility index (Phi) is 3.49. The largest absolute Gasteiger partial charge is 0.360 e. The van der Waals surface area contributed by atoms with Crippen molar-refractivity contribution >= 4 is 32.6 Å². The molecule has 1 unspecified atom stereocenters. The van der Waals surface area contributed by atoms with Crippen LogP contribution in [0.3, 0.4) is 0 Å². The average molecular weight is 334 g/mol. The molecule has 0 spiro atoms. The minimum Gasteiger partial charge on any atom is -0.360 e. The second-order valence-electron chi connectivity index (χ2n) is 6.52. The molecular weight excluding hydrogens is 314 g/mol. The summed E-state index contributed by atoms with van der Waals surface area (Å²) in [5, 5.41) is 1.03. The number of hydrogen-bond acceptors (Lipinski definition) is 1. The third-order valence-corrected chi connectivity index (χ3v) is 5.40. The van der Waals surface area contributed by atoms with Gasteiger partial charge in [-0.2, -0.15) is 0 Å². The van der Waals surface area contributed by atoms with E-state index in [0.717, 1.165) is 33.8 Å². The molecule has 0 amide bonds. The Bertz CT molecular complexity index is 656. The topological polar surface area (TPSA) is 32.9 Å². The quantitative estimate of drug-likeness (QED) is 0.740. The molecule has 1 saturated carbocycles. The van der Waals surface area contributed by atoms with Crippen LogP contribution in [0.2, 0.25) is 0 Å². The highest BCUT2D eigenvalue weighted by Gasteiger charge is 2.38. The van der Waals surface area contributed by atoms with Gasteiger partial charge < -0.3 is 4.98 Å². The van der Waals surface area contributed by atoms with E-state index in [1.54, 1.807) is 0 Å². The molecule has 1 fully saturated rings. The molecule has 0 bridgehead atoms. The fourth-order valence-electron chi connectivity index (χ4n) is 3.50. The van der Waals surface area contributed by atoms with Gasteiger partial charge in [0, 0.05) is 33.1 Å². The lowest BCUT2D eigenvalue weighted by Crippen LogP contribution is -2.34. The molecule has 1 aliphatic rings. The van der Waals surface area contributed by atoms with Gasteiger partial charge in [-0.1, -0.05) is 48.7 Å². The van der Waals surface area contributed by atoms with E-state index in [4.69, 9.17) is 0 Å². The van der Waals surface area contributed by atoms with E-state index >= 15 is 0 Å². The number of benzene rings is 1. The number of aromatic amines is 1. The fourth-order valence-corrected chi connectivity index (χ4v) is 4.08. The molecule has 3 heteroatoms. The smallest absolute Gasteiger partial charge is 0.168 e. The molecule has 1 aliphatic carbocycles. The van der Waals surface area contributed by atoms with E-state index in [9.17, 15) is 4.79 Å². The number of nitrogens with one attached hydrogen (secondary N) is 1. The fraction of sp³-hybridized carbons (Fsp3) is 0.471. The zero-order valence-corrected chi connectivity index (χ0v) is 13.6. The van der Waals surface area contributed by atoms with Crippen LogP contribution in [0.25, 0.3) is 10.9 Å². The predicted molar refractivity (Wildman–Crippen MR) is 86.1 cm³/mol. The summed E-state index contributed by atoms with van der Waals surface area (Å²) in [6.07, 6.45) is 6.45. The van der Waals surface area contributed by atoms with Crippen molar-refractivity contribution < 1.29 is 4.79 Å². The molecule has 106 valence electrons. The third kappa shape index (κ3) is 2.22. The molecule has 0 aliphatic heterocycles. The van der Waals surface area contributed by atoms with Gasteiger partial charge in [-0.3, -0.25) is 4.79 Å². The summed E-state index contributed by atoms with van der Waals surface area (Å²) in [4.78, 5) is 16.2. The standard InChI is InChI=1S/C17H20BrNO/c1-17(2)9-4-3-6-12(17)16(20)11-10-19-14-8-5-7-13(18)15(11)14/h5,7-8,10,12,19H,3-4,6,9H2,1-2H3.